The first-order chi connectivity index (χ1) is 7.58. The van der Waals surface area contributed by atoms with Crippen LogP contribution >= 0.6 is 0 Å². The molecular weight excluding hydrogens is 202 g/mol. The fraction of sp³-hybridized carbons (Fsp3) is 0.462. The largest absolute Gasteiger partial charge is 0.467 e. The van der Waals surface area contributed by atoms with Gasteiger partial charge >= 0.3 is 5.97 Å². The van der Waals surface area contributed by atoms with Crippen molar-refractivity contribution in [1.82, 2.24) is 0 Å². The number of methoxy groups -OCH3 is 1. The fourth-order valence-electron chi connectivity index (χ4n) is 1.63. The molecule has 0 fully saturated rings. The molecule has 0 aromatic heterocycles. The van der Waals surface area contributed by atoms with Crippen molar-refractivity contribution in [3.63, 3.8) is 0 Å². The molecule has 0 bridgehead atoms. The quantitative estimate of drug-likeness (QED) is 0.794. The first-order valence-corrected chi connectivity index (χ1v) is 5.52. The molecule has 0 spiro atoms. The summed E-state index contributed by atoms with van der Waals surface area (Å²) < 4.78 is 4.66. The SMILES string of the molecule is CCc1cc(NC(C)C(=O)OC)ccc1C. The topological polar surface area (TPSA) is 38.3 Å². The lowest BCUT2D eigenvalue weighted by atomic mass is 10.1. The molecule has 1 aromatic carbocycles. The maximum atomic E-state index is 11.3. The van der Waals surface area contributed by atoms with Crippen molar-refractivity contribution in [3.05, 3.63) is 29.3 Å². The smallest absolute Gasteiger partial charge is 0.327 e. The monoisotopic (exact) mass is 221 g/mol. The molecule has 3 heteroatoms. The molecule has 0 saturated heterocycles. The molecule has 0 aliphatic heterocycles. The lowest BCUT2D eigenvalue weighted by Gasteiger charge is -2.14. The van der Waals surface area contributed by atoms with Crippen molar-refractivity contribution in [2.75, 3.05) is 12.4 Å². The molecule has 16 heavy (non-hydrogen) atoms. The summed E-state index contributed by atoms with van der Waals surface area (Å²) in [6, 6.07) is 5.80. The van der Waals surface area contributed by atoms with Crippen molar-refractivity contribution in [3.8, 4) is 0 Å². The van der Waals surface area contributed by atoms with E-state index in [9.17, 15) is 4.79 Å². The second-order valence-electron chi connectivity index (χ2n) is 3.88. The van der Waals surface area contributed by atoms with Crippen LogP contribution in [0.5, 0.6) is 0 Å². The normalized spacial score (nSPS) is 12.0. The van der Waals surface area contributed by atoms with E-state index in [1.54, 1.807) is 6.92 Å². The molecule has 1 aromatic rings. The average Bonchev–Trinajstić information content (AvgIpc) is 2.30. The Labute approximate surface area is 96.8 Å². The maximum absolute atomic E-state index is 11.3. The third-order valence-electron chi connectivity index (χ3n) is 2.67. The van der Waals surface area contributed by atoms with Gasteiger partial charge in [0.05, 0.1) is 7.11 Å². The number of rotatable bonds is 4. The molecule has 0 radical (unpaired) electrons. The minimum Gasteiger partial charge on any atom is -0.467 e. The molecule has 1 rings (SSSR count). The number of ether oxygens (including phenoxy) is 1. The van der Waals surface area contributed by atoms with Crippen molar-refractivity contribution in [1.29, 1.82) is 0 Å². The van der Waals surface area contributed by atoms with Gasteiger partial charge in [-0.05, 0) is 43.5 Å². The highest BCUT2D eigenvalue weighted by Gasteiger charge is 2.12. The highest BCUT2D eigenvalue weighted by Crippen LogP contribution is 2.16. The van der Waals surface area contributed by atoms with E-state index in [-0.39, 0.29) is 12.0 Å². The van der Waals surface area contributed by atoms with Crippen LogP contribution in [0.15, 0.2) is 18.2 Å². The number of hydrogen-bond acceptors (Lipinski definition) is 3. The second kappa shape index (κ2) is 5.54. The summed E-state index contributed by atoms with van der Waals surface area (Å²) in [4.78, 5) is 11.3. The van der Waals surface area contributed by atoms with Crippen molar-refractivity contribution < 1.29 is 9.53 Å². The number of carbonyl (C=O) groups is 1. The van der Waals surface area contributed by atoms with Gasteiger partial charge in [0.2, 0.25) is 0 Å². The zero-order valence-corrected chi connectivity index (χ0v) is 10.3. The summed E-state index contributed by atoms with van der Waals surface area (Å²) >= 11 is 0. The molecule has 88 valence electrons. The lowest BCUT2D eigenvalue weighted by Crippen LogP contribution is -2.27. The van der Waals surface area contributed by atoms with Gasteiger partial charge in [0, 0.05) is 5.69 Å². The van der Waals surface area contributed by atoms with Crippen molar-refractivity contribution >= 4 is 11.7 Å². The summed E-state index contributed by atoms with van der Waals surface area (Å²) in [5, 5.41) is 3.12. The Morgan fingerprint density at radius 1 is 1.50 bits per heavy atom. The molecule has 0 saturated carbocycles. The summed E-state index contributed by atoms with van der Waals surface area (Å²) in [7, 11) is 1.40. The van der Waals surface area contributed by atoms with Gasteiger partial charge in [-0.25, -0.2) is 4.79 Å². The first kappa shape index (κ1) is 12.6. The van der Waals surface area contributed by atoms with Gasteiger partial charge in [0.25, 0.3) is 0 Å². The van der Waals surface area contributed by atoms with E-state index in [0.29, 0.717) is 0 Å². The number of benzene rings is 1. The Hall–Kier alpha value is -1.51. The number of esters is 1. The van der Waals surface area contributed by atoms with Crippen LogP contribution in [0.4, 0.5) is 5.69 Å². The minimum absolute atomic E-state index is 0.251. The number of anilines is 1. The Balaban J connectivity index is 2.78. The number of aryl methyl sites for hydroxylation is 2. The first-order valence-electron chi connectivity index (χ1n) is 5.52. The standard InChI is InChI=1S/C13H19NO2/c1-5-11-8-12(7-6-9(11)2)14-10(3)13(15)16-4/h6-8,10,14H,5H2,1-4H3. The van der Waals surface area contributed by atoms with Gasteiger partial charge in [-0.3, -0.25) is 0 Å². The van der Waals surface area contributed by atoms with Gasteiger partial charge in [-0.1, -0.05) is 13.0 Å². The van der Waals surface area contributed by atoms with E-state index in [1.807, 2.05) is 6.07 Å². The van der Waals surface area contributed by atoms with Crippen LogP contribution < -0.4 is 5.32 Å². The summed E-state index contributed by atoms with van der Waals surface area (Å²) in [6.07, 6.45) is 0.994. The van der Waals surface area contributed by atoms with E-state index in [2.05, 4.69) is 36.0 Å². The van der Waals surface area contributed by atoms with Gasteiger partial charge in [0.1, 0.15) is 6.04 Å². The Morgan fingerprint density at radius 3 is 2.75 bits per heavy atom. The van der Waals surface area contributed by atoms with Gasteiger partial charge in [-0.15, -0.1) is 0 Å². The van der Waals surface area contributed by atoms with Crippen LogP contribution in [0.25, 0.3) is 0 Å². The molecule has 1 unspecified atom stereocenters. The lowest BCUT2D eigenvalue weighted by molar-refractivity contribution is -0.141. The molecule has 3 nitrogen and oxygen atoms in total. The van der Waals surface area contributed by atoms with Crippen LogP contribution in [0.3, 0.4) is 0 Å². The van der Waals surface area contributed by atoms with Crippen molar-refractivity contribution in [2.45, 2.75) is 33.2 Å². The Morgan fingerprint density at radius 2 is 2.19 bits per heavy atom. The van der Waals surface area contributed by atoms with E-state index in [0.717, 1.165) is 12.1 Å². The predicted molar refractivity (Wildman–Crippen MR) is 65.7 cm³/mol. The summed E-state index contributed by atoms with van der Waals surface area (Å²) in [5.74, 6) is -0.251. The molecule has 1 atom stereocenters. The highest BCUT2D eigenvalue weighted by atomic mass is 16.5. The van der Waals surface area contributed by atoms with Gasteiger partial charge in [-0.2, -0.15) is 0 Å². The van der Waals surface area contributed by atoms with Crippen LogP contribution in [0.2, 0.25) is 0 Å². The van der Waals surface area contributed by atoms with E-state index in [4.69, 9.17) is 0 Å². The third kappa shape index (κ3) is 2.99. The average molecular weight is 221 g/mol. The fourth-order valence-corrected chi connectivity index (χ4v) is 1.63. The Bertz CT molecular complexity index is 374. The van der Waals surface area contributed by atoms with Gasteiger partial charge < -0.3 is 10.1 Å². The summed E-state index contributed by atoms with van der Waals surface area (Å²) in [6.45, 7) is 6.00. The molecular formula is C13H19NO2. The van der Waals surface area contributed by atoms with Crippen LogP contribution in [-0.4, -0.2) is 19.1 Å². The molecule has 0 aliphatic carbocycles. The highest BCUT2D eigenvalue weighted by molar-refractivity contribution is 5.78. The predicted octanol–water partition coefficient (Wildman–Crippen LogP) is 2.53. The van der Waals surface area contributed by atoms with Crippen LogP contribution in [0.1, 0.15) is 25.0 Å². The minimum atomic E-state index is -0.322. The van der Waals surface area contributed by atoms with Crippen LogP contribution in [0, 0.1) is 6.92 Å². The van der Waals surface area contributed by atoms with Crippen LogP contribution in [-0.2, 0) is 16.0 Å². The van der Waals surface area contributed by atoms with E-state index < -0.39 is 0 Å². The van der Waals surface area contributed by atoms with Crippen molar-refractivity contribution in [2.24, 2.45) is 0 Å². The molecule has 0 amide bonds. The molecule has 0 aliphatic rings. The number of hydrogen-bond donors (Lipinski definition) is 1. The summed E-state index contributed by atoms with van der Waals surface area (Å²) in [5.41, 5.74) is 3.53. The van der Waals surface area contributed by atoms with E-state index in [1.165, 1.54) is 18.2 Å². The zero-order chi connectivity index (χ0) is 12.1. The number of nitrogens with one attached hydrogen (secondary N) is 1. The Kier molecular flexibility index (Phi) is 4.35. The second-order valence-corrected chi connectivity index (χ2v) is 3.88. The molecule has 1 N–H and O–H groups in total. The number of carbonyl (C=O) groups excluding carboxylic acids is 1. The van der Waals surface area contributed by atoms with Gasteiger partial charge in [0.15, 0.2) is 0 Å². The molecule has 0 heterocycles. The maximum Gasteiger partial charge on any atom is 0.327 e. The third-order valence-corrected chi connectivity index (χ3v) is 2.67. The zero-order valence-electron chi connectivity index (χ0n) is 10.3. The van der Waals surface area contributed by atoms with E-state index >= 15 is 0 Å².